The second-order valence-corrected chi connectivity index (χ2v) is 3.42. The molecule has 0 fully saturated rings. The number of nitro benzene ring substituents is 1. The van der Waals surface area contributed by atoms with Crippen LogP contribution in [0.1, 0.15) is 11.1 Å². The Hall–Kier alpha value is -2.64. The molecule has 4 nitrogen and oxygen atoms in total. The zero-order valence-electron chi connectivity index (χ0n) is 10.5. The molecule has 0 radical (unpaired) electrons. The van der Waals surface area contributed by atoms with Crippen molar-refractivity contribution in [3.05, 3.63) is 75.8 Å². The largest absolute Gasteiger partial charge is 0.333 e. The quantitative estimate of drug-likeness (QED) is 0.483. The number of non-ortho nitro benzene ring substituents is 1. The van der Waals surface area contributed by atoms with Crippen LogP contribution in [-0.4, -0.2) is 12.0 Å². The van der Waals surface area contributed by atoms with E-state index in [9.17, 15) is 10.1 Å². The molecule has 0 heterocycles. The highest BCUT2D eigenvalue weighted by atomic mass is 16.6. The van der Waals surface area contributed by atoms with Gasteiger partial charge in [0.1, 0.15) is 0 Å². The van der Waals surface area contributed by atoms with Crippen LogP contribution in [0.15, 0.2) is 54.6 Å². The summed E-state index contributed by atoms with van der Waals surface area (Å²) in [7, 11) is 1.50. The maximum atomic E-state index is 10.5. The molecule has 0 bridgehead atoms. The van der Waals surface area contributed by atoms with Crippen molar-refractivity contribution in [2.75, 3.05) is 7.05 Å². The maximum absolute atomic E-state index is 10.5. The summed E-state index contributed by atoms with van der Waals surface area (Å²) in [4.78, 5) is 10.0. The highest BCUT2D eigenvalue weighted by molar-refractivity contribution is 5.45. The molecule has 0 aliphatic rings. The predicted molar refractivity (Wildman–Crippen MR) is 75.6 cm³/mol. The number of hydrogen-bond acceptors (Lipinski definition) is 3. The summed E-state index contributed by atoms with van der Waals surface area (Å²) in [5.74, 6) is 5.94. The van der Waals surface area contributed by atoms with Gasteiger partial charge in [0.05, 0.1) is 4.92 Å². The lowest BCUT2D eigenvalue weighted by atomic mass is 10.2. The second-order valence-electron chi connectivity index (χ2n) is 3.42. The molecule has 0 saturated heterocycles. The molecular formula is C15H14N2O2. The van der Waals surface area contributed by atoms with Crippen molar-refractivity contribution in [2.45, 2.75) is 0 Å². The van der Waals surface area contributed by atoms with Gasteiger partial charge < -0.3 is 5.73 Å². The molecule has 19 heavy (non-hydrogen) atoms. The van der Waals surface area contributed by atoms with Crippen molar-refractivity contribution in [3.8, 4) is 11.8 Å². The Morgan fingerprint density at radius 3 is 1.84 bits per heavy atom. The summed E-state index contributed by atoms with van der Waals surface area (Å²) in [6.07, 6.45) is 0. The zero-order chi connectivity index (χ0) is 14.1. The lowest BCUT2D eigenvalue weighted by Gasteiger charge is -1.91. The first-order valence-corrected chi connectivity index (χ1v) is 5.65. The topological polar surface area (TPSA) is 69.2 Å². The van der Waals surface area contributed by atoms with Gasteiger partial charge in [-0.15, -0.1) is 0 Å². The molecule has 96 valence electrons. The van der Waals surface area contributed by atoms with Crippen LogP contribution in [0.2, 0.25) is 0 Å². The molecule has 0 saturated carbocycles. The Morgan fingerprint density at radius 2 is 1.37 bits per heavy atom. The third kappa shape index (κ3) is 4.62. The summed E-state index contributed by atoms with van der Waals surface area (Å²) in [5.41, 5.74) is 6.26. The fourth-order valence-electron chi connectivity index (χ4n) is 1.33. The van der Waals surface area contributed by atoms with Crippen LogP contribution < -0.4 is 5.73 Å². The van der Waals surface area contributed by atoms with Crippen molar-refractivity contribution >= 4 is 5.69 Å². The van der Waals surface area contributed by atoms with Crippen LogP contribution in [-0.2, 0) is 0 Å². The number of benzene rings is 2. The van der Waals surface area contributed by atoms with Crippen LogP contribution in [0, 0.1) is 22.0 Å². The molecule has 2 N–H and O–H groups in total. The lowest BCUT2D eigenvalue weighted by molar-refractivity contribution is -0.384. The Kier molecular flexibility index (Phi) is 5.80. The zero-order valence-corrected chi connectivity index (χ0v) is 10.5. The Balaban J connectivity index is 0.000000861. The number of nitro groups is 1. The van der Waals surface area contributed by atoms with E-state index in [0.717, 1.165) is 11.1 Å². The summed E-state index contributed by atoms with van der Waals surface area (Å²) >= 11 is 0. The minimum absolute atomic E-state index is 0.0789. The van der Waals surface area contributed by atoms with Gasteiger partial charge in [0.2, 0.25) is 0 Å². The van der Waals surface area contributed by atoms with Gasteiger partial charge in [-0.2, -0.15) is 0 Å². The van der Waals surface area contributed by atoms with E-state index in [1.165, 1.54) is 19.2 Å². The van der Waals surface area contributed by atoms with Crippen LogP contribution in [0.3, 0.4) is 0 Å². The van der Waals surface area contributed by atoms with Gasteiger partial charge in [0.15, 0.2) is 0 Å². The summed E-state index contributed by atoms with van der Waals surface area (Å²) in [6, 6.07) is 15.8. The van der Waals surface area contributed by atoms with Crippen molar-refractivity contribution in [2.24, 2.45) is 5.73 Å². The predicted octanol–water partition coefficient (Wildman–Crippen LogP) is 2.57. The molecule has 0 spiro atoms. The van der Waals surface area contributed by atoms with Crippen LogP contribution in [0.4, 0.5) is 5.69 Å². The first-order valence-electron chi connectivity index (χ1n) is 5.65. The fourth-order valence-corrected chi connectivity index (χ4v) is 1.33. The number of nitrogens with two attached hydrogens (primary N) is 1. The van der Waals surface area contributed by atoms with E-state index in [1.807, 2.05) is 30.3 Å². The van der Waals surface area contributed by atoms with Gasteiger partial charge >= 0.3 is 0 Å². The highest BCUT2D eigenvalue weighted by Crippen LogP contribution is 2.11. The molecule has 0 amide bonds. The first-order chi connectivity index (χ1) is 9.25. The van der Waals surface area contributed by atoms with E-state index < -0.39 is 4.92 Å². The van der Waals surface area contributed by atoms with E-state index in [1.54, 1.807) is 12.1 Å². The van der Waals surface area contributed by atoms with Gasteiger partial charge in [0, 0.05) is 23.3 Å². The molecule has 0 unspecified atom stereocenters. The number of rotatable bonds is 1. The molecule has 0 aliphatic carbocycles. The van der Waals surface area contributed by atoms with Crippen molar-refractivity contribution in [1.29, 1.82) is 0 Å². The molecule has 4 heteroatoms. The lowest BCUT2D eigenvalue weighted by Crippen LogP contribution is -1.86. The monoisotopic (exact) mass is 254 g/mol. The third-order valence-corrected chi connectivity index (χ3v) is 2.20. The normalized spacial score (nSPS) is 8.53. The smallest absolute Gasteiger partial charge is 0.269 e. The average molecular weight is 254 g/mol. The van der Waals surface area contributed by atoms with Crippen molar-refractivity contribution in [1.82, 2.24) is 0 Å². The number of nitrogens with zero attached hydrogens (tertiary/aromatic N) is 1. The van der Waals surface area contributed by atoms with Crippen molar-refractivity contribution < 1.29 is 4.92 Å². The molecule has 0 aliphatic heterocycles. The van der Waals surface area contributed by atoms with Crippen LogP contribution in [0.5, 0.6) is 0 Å². The molecule has 2 aromatic carbocycles. The van der Waals surface area contributed by atoms with Crippen LogP contribution in [0.25, 0.3) is 0 Å². The minimum Gasteiger partial charge on any atom is -0.333 e. The summed E-state index contributed by atoms with van der Waals surface area (Å²) in [6.45, 7) is 0. The molecule has 0 aromatic heterocycles. The van der Waals surface area contributed by atoms with Crippen molar-refractivity contribution in [3.63, 3.8) is 0 Å². The third-order valence-electron chi connectivity index (χ3n) is 2.20. The van der Waals surface area contributed by atoms with Gasteiger partial charge in [-0.25, -0.2) is 0 Å². The van der Waals surface area contributed by atoms with Gasteiger partial charge in [0.25, 0.3) is 5.69 Å². The van der Waals surface area contributed by atoms with E-state index >= 15 is 0 Å². The number of hydrogen-bond donors (Lipinski definition) is 1. The average Bonchev–Trinajstić information content (AvgIpc) is 2.49. The summed E-state index contributed by atoms with van der Waals surface area (Å²) in [5, 5.41) is 10.5. The van der Waals surface area contributed by atoms with Gasteiger partial charge in [-0.3, -0.25) is 10.1 Å². The van der Waals surface area contributed by atoms with E-state index in [0.29, 0.717) is 0 Å². The van der Waals surface area contributed by atoms with E-state index in [2.05, 4.69) is 17.6 Å². The maximum Gasteiger partial charge on any atom is 0.269 e. The Morgan fingerprint density at radius 1 is 0.895 bits per heavy atom. The summed E-state index contributed by atoms with van der Waals surface area (Å²) < 4.78 is 0. The molecule has 2 rings (SSSR count). The molecular weight excluding hydrogens is 240 g/mol. The van der Waals surface area contributed by atoms with E-state index in [-0.39, 0.29) is 5.69 Å². The SMILES string of the molecule is CN.O=[N+]([O-])c1ccc(C#Cc2ccccc2)cc1. The minimum atomic E-state index is -0.422. The first kappa shape index (κ1) is 14.4. The fraction of sp³-hybridized carbons (Fsp3) is 0.0667. The highest BCUT2D eigenvalue weighted by Gasteiger charge is 2.01. The van der Waals surface area contributed by atoms with E-state index in [4.69, 9.17) is 0 Å². The standard InChI is InChI=1S/C14H9NO2.CH5N/c16-15(17)14-10-8-13(9-11-14)7-6-12-4-2-1-3-5-12;1-2/h1-5,8-11H;2H2,1H3. The molecule has 2 aromatic rings. The van der Waals surface area contributed by atoms with Gasteiger partial charge in [-0.1, -0.05) is 30.0 Å². The van der Waals surface area contributed by atoms with Crippen LogP contribution >= 0.6 is 0 Å². The molecule has 0 atom stereocenters. The second kappa shape index (κ2) is 7.64. The Bertz CT molecular complexity index is 581. The Labute approximate surface area is 112 Å². The van der Waals surface area contributed by atoms with Gasteiger partial charge in [-0.05, 0) is 31.3 Å².